The number of nitrogens with zero attached hydrogens (tertiary/aromatic N) is 2. The van der Waals surface area contributed by atoms with Gasteiger partial charge in [0.25, 0.3) is 5.91 Å². The van der Waals surface area contributed by atoms with Crippen molar-refractivity contribution in [2.75, 3.05) is 12.4 Å². The smallest absolute Gasteiger partial charge is 0.325 e. The van der Waals surface area contributed by atoms with Gasteiger partial charge in [0.15, 0.2) is 5.13 Å². The van der Waals surface area contributed by atoms with Crippen molar-refractivity contribution in [1.29, 1.82) is 0 Å². The number of methoxy groups -OCH3 is 1. The van der Waals surface area contributed by atoms with Crippen LogP contribution < -0.4 is 15.4 Å². The van der Waals surface area contributed by atoms with Crippen molar-refractivity contribution in [3.8, 4) is 5.75 Å². The predicted molar refractivity (Wildman–Crippen MR) is 113 cm³/mol. The lowest BCUT2D eigenvalue weighted by atomic mass is 10.1. The molecule has 0 radical (unpaired) electrons. The summed E-state index contributed by atoms with van der Waals surface area (Å²) < 4.78 is 6.10. The number of nitrogens with one attached hydrogen (secondary N) is 2. The van der Waals surface area contributed by atoms with E-state index in [2.05, 4.69) is 15.6 Å². The summed E-state index contributed by atoms with van der Waals surface area (Å²) in [6.45, 7) is 0.170. The Morgan fingerprint density at radius 2 is 1.97 bits per heavy atom. The minimum Gasteiger partial charge on any atom is -0.497 e. The van der Waals surface area contributed by atoms with E-state index in [4.69, 9.17) is 4.74 Å². The molecule has 30 heavy (non-hydrogen) atoms. The molecule has 0 spiro atoms. The zero-order chi connectivity index (χ0) is 21.1. The number of hydrogen-bond donors (Lipinski definition) is 2. The van der Waals surface area contributed by atoms with Gasteiger partial charge in [0.1, 0.15) is 11.8 Å². The first-order valence-corrected chi connectivity index (χ1v) is 10.3. The predicted octanol–water partition coefficient (Wildman–Crippen LogP) is 3.14. The molecule has 4 rings (SSSR count). The second kappa shape index (κ2) is 8.50. The van der Waals surface area contributed by atoms with Crippen molar-refractivity contribution in [3.63, 3.8) is 0 Å². The van der Waals surface area contributed by atoms with Gasteiger partial charge in [-0.2, -0.15) is 0 Å². The fourth-order valence-electron chi connectivity index (χ4n) is 3.22. The summed E-state index contributed by atoms with van der Waals surface area (Å²) in [6, 6.07) is 13.6. The molecule has 3 aromatic rings. The largest absolute Gasteiger partial charge is 0.497 e. The third-order valence-corrected chi connectivity index (χ3v) is 5.76. The van der Waals surface area contributed by atoms with Crippen molar-refractivity contribution in [2.24, 2.45) is 0 Å². The number of aromatic nitrogens is 1. The fourth-order valence-corrected chi connectivity index (χ4v) is 4.10. The molecule has 1 aliphatic rings. The summed E-state index contributed by atoms with van der Waals surface area (Å²) >= 11 is 1.39. The van der Waals surface area contributed by atoms with E-state index in [0.717, 1.165) is 20.7 Å². The summed E-state index contributed by atoms with van der Waals surface area (Å²) in [7, 11) is 1.57. The first-order valence-electron chi connectivity index (χ1n) is 9.44. The van der Waals surface area contributed by atoms with Gasteiger partial charge in [-0.3, -0.25) is 14.5 Å². The molecule has 2 heterocycles. The normalized spacial score (nSPS) is 16.0. The highest BCUT2D eigenvalue weighted by Gasteiger charge is 2.37. The molecular formula is C21H20N4O4S. The lowest BCUT2D eigenvalue weighted by Gasteiger charge is -2.13. The molecule has 1 fully saturated rings. The monoisotopic (exact) mass is 424 g/mol. The molecule has 9 heteroatoms. The van der Waals surface area contributed by atoms with Gasteiger partial charge < -0.3 is 15.4 Å². The van der Waals surface area contributed by atoms with Crippen LogP contribution >= 0.6 is 11.3 Å². The van der Waals surface area contributed by atoms with E-state index in [0.29, 0.717) is 10.9 Å². The first-order chi connectivity index (χ1) is 14.5. The van der Waals surface area contributed by atoms with Crippen LogP contribution in [-0.4, -0.2) is 40.9 Å². The van der Waals surface area contributed by atoms with E-state index >= 15 is 0 Å². The summed E-state index contributed by atoms with van der Waals surface area (Å²) in [6.07, 6.45) is 0.323. The lowest BCUT2D eigenvalue weighted by Crippen LogP contribution is -2.31. The van der Waals surface area contributed by atoms with E-state index in [9.17, 15) is 14.4 Å². The molecule has 1 atom stereocenters. The summed E-state index contributed by atoms with van der Waals surface area (Å²) in [5, 5.41) is 5.94. The number of amides is 4. The van der Waals surface area contributed by atoms with Crippen LogP contribution in [-0.2, 0) is 16.1 Å². The molecule has 1 saturated heterocycles. The summed E-state index contributed by atoms with van der Waals surface area (Å²) in [5.41, 5.74) is 1.64. The number of ether oxygens (including phenoxy) is 1. The first kappa shape index (κ1) is 19.8. The van der Waals surface area contributed by atoms with Crippen molar-refractivity contribution in [3.05, 3.63) is 54.1 Å². The van der Waals surface area contributed by atoms with Crippen LogP contribution in [0, 0.1) is 0 Å². The van der Waals surface area contributed by atoms with Gasteiger partial charge >= 0.3 is 6.03 Å². The summed E-state index contributed by atoms with van der Waals surface area (Å²) in [5.74, 6) is 0.126. The number of para-hydroxylation sites is 1. The number of hydrogen-bond acceptors (Lipinski definition) is 6. The van der Waals surface area contributed by atoms with Crippen LogP contribution in [0.2, 0.25) is 0 Å². The number of benzene rings is 2. The van der Waals surface area contributed by atoms with Crippen LogP contribution in [0.1, 0.15) is 18.4 Å². The number of thiazole rings is 1. The molecule has 154 valence electrons. The quantitative estimate of drug-likeness (QED) is 0.568. The van der Waals surface area contributed by atoms with E-state index in [1.165, 1.54) is 11.3 Å². The van der Waals surface area contributed by atoms with Crippen LogP contribution in [0.15, 0.2) is 48.5 Å². The number of imide groups is 1. The van der Waals surface area contributed by atoms with Crippen LogP contribution in [0.25, 0.3) is 10.2 Å². The van der Waals surface area contributed by atoms with Gasteiger partial charge in [0.2, 0.25) is 5.91 Å². The van der Waals surface area contributed by atoms with Crippen LogP contribution in [0.4, 0.5) is 9.93 Å². The Bertz CT molecular complexity index is 1060. The maximum absolute atomic E-state index is 12.6. The zero-order valence-electron chi connectivity index (χ0n) is 16.3. The Morgan fingerprint density at radius 1 is 1.20 bits per heavy atom. The van der Waals surface area contributed by atoms with Crippen molar-refractivity contribution in [1.82, 2.24) is 15.2 Å². The second-order valence-electron chi connectivity index (χ2n) is 6.85. The molecule has 4 amide bonds. The van der Waals surface area contributed by atoms with Crippen molar-refractivity contribution in [2.45, 2.75) is 25.4 Å². The van der Waals surface area contributed by atoms with Gasteiger partial charge in [0.05, 0.1) is 23.9 Å². The average Bonchev–Trinajstić information content (AvgIpc) is 3.27. The van der Waals surface area contributed by atoms with E-state index in [1.807, 2.05) is 24.3 Å². The Morgan fingerprint density at radius 3 is 2.70 bits per heavy atom. The SMILES string of the molecule is COc1ccc(CN2C(=O)N[C@H](CCC(=O)Nc3nc4ccccc4s3)C2=O)cc1. The van der Waals surface area contributed by atoms with Crippen molar-refractivity contribution >= 4 is 44.5 Å². The topological polar surface area (TPSA) is 101 Å². The third-order valence-electron chi connectivity index (χ3n) is 4.81. The molecular weight excluding hydrogens is 404 g/mol. The molecule has 0 bridgehead atoms. The summed E-state index contributed by atoms with van der Waals surface area (Å²) in [4.78, 5) is 42.6. The molecule has 1 aliphatic heterocycles. The molecule has 1 aromatic heterocycles. The van der Waals surface area contributed by atoms with Gasteiger partial charge in [-0.25, -0.2) is 9.78 Å². The average molecular weight is 424 g/mol. The minimum absolute atomic E-state index is 0.100. The van der Waals surface area contributed by atoms with E-state index in [-0.39, 0.29) is 31.2 Å². The third kappa shape index (κ3) is 4.25. The molecule has 8 nitrogen and oxygen atoms in total. The maximum Gasteiger partial charge on any atom is 0.325 e. The van der Waals surface area contributed by atoms with Gasteiger partial charge in [-0.1, -0.05) is 35.6 Å². The maximum atomic E-state index is 12.6. The minimum atomic E-state index is -0.711. The molecule has 0 saturated carbocycles. The highest BCUT2D eigenvalue weighted by atomic mass is 32.1. The number of carbonyl (C=O) groups excluding carboxylic acids is 3. The van der Waals surface area contributed by atoms with Crippen molar-refractivity contribution < 1.29 is 19.1 Å². The number of rotatable bonds is 7. The number of fused-ring (bicyclic) bond motifs is 1. The highest BCUT2D eigenvalue weighted by molar-refractivity contribution is 7.22. The molecule has 2 N–H and O–H groups in total. The molecule has 0 aliphatic carbocycles. The van der Waals surface area contributed by atoms with Gasteiger partial charge in [-0.15, -0.1) is 0 Å². The highest BCUT2D eigenvalue weighted by Crippen LogP contribution is 2.25. The number of carbonyl (C=O) groups is 3. The Kier molecular flexibility index (Phi) is 5.62. The van der Waals surface area contributed by atoms with Crippen LogP contribution in [0.3, 0.4) is 0 Å². The number of urea groups is 1. The van der Waals surface area contributed by atoms with Gasteiger partial charge in [-0.05, 0) is 36.2 Å². The Labute approximate surface area is 176 Å². The van der Waals surface area contributed by atoms with Crippen LogP contribution in [0.5, 0.6) is 5.75 Å². The van der Waals surface area contributed by atoms with E-state index in [1.54, 1.807) is 31.4 Å². The standard InChI is InChI=1S/C21H20N4O4S/c1-29-14-8-6-13(7-9-14)12-25-19(27)16(23-21(25)28)10-11-18(26)24-20-22-15-4-2-3-5-17(15)30-20/h2-9,16H,10-12H2,1H3,(H,23,28)(H,22,24,26)/t16-/m1/s1. The second-order valence-corrected chi connectivity index (χ2v) is 7.88. The Balaban J connectivity index is 1.31. The van der Waals surface area contributed by atoms with E-state index < -0.39 is 12.1 Å². The molecule has 0 unspecified atom stereocenters. The fraction of sp³-hybridized carbons (Fsp3) is 0.238. The Hall–Kier alpha value is -3.46. The van der Waals surface area contributed by atoms with Gasteiger partial charge in [0, 0.05) is 6.42 Å². The number of anilines is 1. The zero-order valence-corrected chi connectivity index (χ0v) is 17.1. The lowest BCUT2D eigenvalue weighted by molar-refractivity contribution is -0.128. The molecule has 2 aromatic carbocycles.